The fourth-order valence-corrected chi connectivity index (χ4v) is 2.60. The number of amides is 1. The summed E-state index contributed by atoms with van der Waals surface area (Å²) in [6, 6.07) is 14.6. The van der Waals surface area contributed by atoms with Gasteiger partial charge in [-0.25, -0.2) is 5.43 Å². The number of phenols is 1. The summed E-state index contributed by atoms with van der Waals surface area (Å²) >= 11 is 0. The van der Waals surface area contributed by atoms with E-state index in [-0.39, 0.29) is 5.75 Å². The first-order chi connectivity index (χ1) is 13.6. The second-order valence-corrected chi connectivity index (χ2v) is 6.08. The smallest absolute Gasteiger partial charge is 0.289 e. The van der Waals surface area contributed by atoms with Crippen LogP contribution in [0.15, 0.2) is 53.6 Å². The second-order valence-electron chi connectivity index (χ2n) is 6.08. The van der Waals surface area contributed by atoms with Crippen molar-refractivity contribution >= 4 is 12.1 Å². The van der Waals surface area contributed by atoms with E-state index in [2.05, 4.69) is 27.6 Å². The number of H-pyrrole nitrogens is 1. The van der Waals surface area contributed by atoms with Crippen LogP contribution in [0.1, 0.15) is 35.5 Å². The molecular weight excluding hydrogens is 356 g/mol. The monoisotopic (exact) mass is 378 g/mol. The Bertz CT molecular complexity index is 978. The van der Waals surface area contributed by atoms with Gasteiger partial charge in [-0.05, 0) is 48.7 Å². The fraction of sp³-hybridized carbons (Fsp3) is 0.190. The molecule has 0 atom stereocenters. The molecule has 1 amide bonds. The number of nitrogens with one attached hydrogen (secondary N) is 2. The van der Waals surface area contributed by atoms with Crippen LogP contribution in [0.25, 0.3) is 11.3 Å². The van der Waals surface area contributed by atoms with Crippen molar-refractivity contribution in [3.05, 3.63) is 65.4 Å². The second kappa shape index (κ2) is 8.85. The molecular formula is C21H22N4O3. The first-order valence-electron chi connectivity index (χ1n) is 9.04. The summed E-state index contributed by atoms with van der Waals surface area (Å²) < 4.78 is 5.32. The maximum atomic E-state index is 12.2. The van der Waals surface area contributed by atoms with Crippen LogP contribution in [0.4, 0.5) is 0 Å². The lowest BCUT2D eigenvalue weighted by atomic mass is 10.1. The first-order valence-corrected chi connectivity index (χ1v) is 9.04. The highest BCUT2D eigenvalue weighted by Gasteiger charge is 2.10. The minimum absolute atomic E-state index is 0.0556. The molecule has 2 aromatic carbocycles. The van der Waals surface area contributed by atoms with Gasteiger partial charge in [0, 0.05) is 5.56 Å². The number of carbonyl (C=O) groups excluding carboxylic acids is 1. The number of hydrogen-bond donors (Lipinski definition) is 3. The van der Waals surface area contributed by atoms with Crippen LogP contribution >= 0.6 is 0 Å². The van der Waals surface area contributed by atoms with Crippen LogP contribution in [0, 0.1) is 0 Å². The average molecular weight is 378 g/mol. The maximum Gasteiger partial charge on any atom is 0.289 e. The van der Waals surface area contributed by atoms with Crippen LogP contribution < -0.4 is 10.2 Å². The molecule has 3 N–H and O–H groups in total. The van der Waals surface area contributed by atoms with Crippen LogP contribution in [-0.2, 0) is 6.42 Å². The number of aromatic hydroxyl groups is 1. The summed E-state index contributed by atoms with van der Waals surface area (Å²) in [5, 5.41) is 20.6. The molecule has 3 rings (SSSR count). The maximum absolute atomic E-state index is 12.2. The molecule has 0 aliphatic carbocycles. The molecule has 0 saturated carbocycles. The van der Waals surface area contributed by atoms with Crippen molar-refractivity contribution in [1.82, 2.24) is 15.6 Å². The van der Waals surface area contributed by atoms with E-state index >= 15 is 0 Å². The number of rotatable bonds is 7. The van der Waals surface area contributed by atoms with Gasteiger partial charge >= 0.3 is 0 Å². The molecule has 0 bridgehead atoms. The van der Waals surface area contributed by atoms with Crippen molar-refractivity contribution in [2.45, 2.75) is 20.3 Å². The molecule has 7 nitrogen and oxygen atoms in total. The zero-order valence-electron chi connectivity index (χ0n) is 15.8. The number of hydrogen-bond acceptors (Lipinski definition) is 5. The number of aromatic amines is 1. The Hall–Kier alpha value is -3.61. The summed E-state index contributed by atoms with van der Waals surface area (Å²) in [6.45, 7) is 4.37. The number of hydrazone groups is 1. The number of nitrogens with zero attached hydrogens (tertiary/aromatic N) is 2. The molecule has 3 aromatic rings. The summed E-state index contributed by atoms with van der Waals surface area (Å²) in [6.07, 6.45) is 2.44. The van der Waals surface area contributed by atoms with E-state index in [1.807, 2.05) is 31.2 Å². The standard InChI is InChI=1S/C21H22N4O3/c1-3-14-5-8-16(9-6-14)17-12-18(24-23-17)21(27)25-22-13-15-7-10-19(26)20(11-15)28-4-2/h5-13,26H,3-4H2,1-2H3,(H,23,24)(H,25,27)/b22-13-. The van der Waals surface area contributed by atoms with Gasteiger partial charge in [0.25, 0.3) is 5.91 Å². The molecule has 28 heavy (non-hydrogen) atoms. The predicted octanol–water partition coefficient (Wildman–Crippen LogP) is 3.51. The highest BCUT2D eigenvalue weighted by molar-refractivity contribution is 5.94. The average Bonchev–Trinajstić information content (AvgIpc) is 3.21. The Kier molecular flexibility index (Phi) is 6.06. The van der Waals surface area contributed by atoms with Crippen LogP contribution in [0.3, 0.4) is 0 Å². The zero-order valence-corrected chi connectivity index (χ0v) is 15.8. The van der Waals surface area contributed by atoms with Crippen LogP contribution in [-0.4, -0.2) is 34.0 Å². The lowest BCUT2D eigenvalue weighted by Gasteiger charge is -2.05. The lowest BCUT2D eigenvalue weighted by Crippen LogP contribution is -2.18. The molecule has 0 radical (unpaired) electrons. The van der Waals surface area contributed by atoms with E-state index in [1.54, 1.807) is 18.2 Å². The van der Waals surface area contributed by atoms with Gasteiger partial charge in [0.05, 0.1) is 18.5 Å². The molecule has 0 fully saturated rings. The molecule has 0 unspecified atom stereocenters. The van der Waals surface area contributed by atoms with Gasteiger partial charge in [0.1, 0.15) is 5.69 Å². The Morgan fingerprint density at radius 1 is 1.21 bits per heavy atom. The number of benzene rings is 2. The van der Waals surface area contributed by atoms with Crippen LogP contribution in [0.5, 0.6) is 11.5 Å². The summed E-state index contributed by atoms with van der Waals surface area (Å²) in [5.41, 5.74) is 6.32. The van der Waals surface area contributed by atoms with E-state index in [0.29, 0.717) is 29.3 Å². The number of carbonyl (C=O) groups is 1. The quantitative estimate of drug-likeness (QED) is 0.433. The van der Waals surface area contributed by atoms with Crippen molar-refractivity contribution in [2.24, 2.45) is 5.10 Å². The number of ether oxygens (including phenoxy) is 1. The van der Waals surface area contributed by atoms with Crippen molar-refractivity contribution in [1.29, 1.82) is 0 Å². The third kappa shape index (κ3) is 4.56. The molecule has 7 heteroatoms. The van der Waals surface area contributed by atoms with E-state index in [4.69, 9.17) is 4.74 Å². The van der Waals surface area contributed by atoms with E-state index in [9.17, 15) is 9.90 Å². The van der Waals surface area contributed by atoms with Crippen molar-refractivity contribution < 1.29 is 14.6 Å². The van der Waals surface area contributed by atoms with Gasteiger partial charge < -0.3 is 9.84 Å². The van der Waals surface area contributed by atoms with E-state index in [0.717, 1.165) is 12.0 Å². The van der Waals surface area contributed by atoms with Gasteiger partial charge in [-0.2, -0.15) is 10.2 Å². The fourth-order valence-electron chi connectivity index (χ4n) is 2.60. The highest BCUT2D eigenvalue weighted by atomic mass is 16.5. The summed E-state index contributed by atoms with van der Waals surface area (Å²) in [7, 11) is 0. The Balaban J connectivity index is 1.64. The molecule has 1 heterocycles. The molecule has 144 valence electrons. The van der Waals surface area contributed by atoms with Gasteiger partial charge in [-0.15, -0.1) is 0 Å². The highest BCUT2D eigenvalue weighted by Crippen LogP contribution is 2.26. The van der Waals surface area contributed by atoms with Crippen LogP contribution in [0.2, 0.25) is 0 Å². The van der Waals surface area contributed by atoms with Gasteiger partial charge in [0.15, 0.2) is 11.5 Å². The van der Waals surface area contributed by atoms with Gasteiger partial charge in [-0.1, -0.05) is 31.2 Å². The Morgan fingerprint density at radius 2 is 2.00 bits per heavy atom. The third-order valence-corrected chi connectivity index (χ3v) is 4.14. The first kappa shape index (κ1) is 19.2. The third-order valence-electron chi connectivity index (χ3n) is 4.14. The van der Waals surface area contributed by atoms with Crippen molar-refractivity contribution in [3.63, 3.8) is 0 Å². The lowest BCUT2D eigenvalue weighted by molar-refractivity contribution is 0.0950. The number of aryl methyl sites for hydroxylation is 1. The van der Waals surface area contributed by atoms with Gasteiger partial charge in [0.2, 0.25) is 0 Å². The van der Waals surface area contributed by atoms with E-state index in [1.165, 1.54) is 17.8 Å². The van der Waals surface area contributed by atoms with E-state index < -0.39 is 5.91 Å². The zero-order chi connectivity index (χ0) is 19.9. The predicted molar refractivity (Wildman–Crippen MR) is 108 cm³/mol. The minimum atomic E-state index is -0.399. The number of aromatic nitrogens is 2. The molecule has 0 saturated heterocycles. The molecule has 0 aliphatic rings. The van der Waals surface area contributed by atoms with Gasteiger partial charge in [-0.3, -0.25) is 9.89 Å². The topological polar surface area (TPSA) is 99.6 Å². The Morgan fingerprint density at radius 3 is 2.71 bits per heavy atom. The molecule has 0 spiro atoms. The largest absolute Gasteiger partial charge is 0.504 e. The molecule has 1 aromatic heterocycles. The van der Waals surface area contributed by atoms with Crippen molar-refractivity contribution in [3.8, 4) is 22.8 Å². The summed E-state index contributed by atoms with van der Waals surface area (Å²) in [5.74, 6) is 0.0223. The van der Waals surface area contributed by atoms with Crippen molar-refractivity contribution in [2.75, 3.05) is 6.61 Å². The summed E-state index contributed by atoms with van der Waals surface area (Å²) in [4.78, 5) is 12.2. The normalized spacial score (nSPS) is 10.9. The molecule has 0 aliphatic heterocycles. The Labute approximate surface area is 163 Å². The number of phenolic OH excluding ortho intramolecular Hbond substituents is 1. The minimum Gasteiger partial charge on any atom is -0.504 e. The SMILES string of the molecule is CCOc1cc(/C=N\NC(=O)c2cc(-c3ccc(CC)cc3)n[nH]2)ccc1O.